The molecule has 0 N–H and O–H groups in total. The molecule has 2 aromatic carbocycles. The van der Waals surface area contributed by atoms with Crippen LogP contribution in [0.3, 0.4) is 0 Å². The molecule has 1 heterocycles. The van der Waals surface area contributed by atoms with Gasteiger partial charge in [0, 0.05) is 24.8 Å². The van der Waals surface area contributed by atoms with Crippen LogP contribution in [0.4, 0.5) is 0 Å². The fourth-order valence-electron chi connectivity index (χ4n) is 3.73. The highest BCUT2D eigenvalue weighted by atomic mass is 16.2. The SMILES string of the molecule is Cc1ccc(CN(C)C(=O)c2nn(-c3ccc(C)cc3)c3c2CCC3)cc1. The van der Waals surface area contributed by atoms with Gasteiger partial charge in [-0.05, 0) is 50.8 Å². The van der Waals surface area contributed by atoms with Gasteiger partial charge in [0.1, 0.15) is 0 Å². The van der Waals surface area contributed by atoms with E-state index < -0.39 is 0 Å². The van der Waals surface area contributed by atoms with Crippen molar-refractivity contribution in [1.29, 1.82) is 0 Å². The zero-order chi connectivity index (χ0) is 19.0. The van der Waals surface area contributed by atoms with Crippen LogP contribution >= 0.6 is 0 Å². The summed E-state index contributed by atoms with van der Waals surface area (Å²) in [5, 5.41) is 4.73. The van der Waals surface area contributed by atoms with Gasteiger partial charge in [-0.3, -0.25) is 4.79 Å². The first-order chi connectivity index (χ1) is 13.0. The topological polar surface area (TPSA) is 38.1 Å². The first-order valence-corrected chi connectivity index (χ1v) is 9.52. The van der Waals surface area contributed by atoms with Crippen LogP contribution in [-0.2, 0) is 19.4 Å². The highest BCUT2D eigenvalue weighted by molar-refractivity contribution is 5.94. The molecule has 1 aromatic heterocycles. The Morgan fingerprint density at radius 1 is 1.00 bits per heavy atom. The summed E-state index contributed by atoms with van der Waals surface area (Å²) < 4.78 is 1.97. The van der Waals surface area contributed by atoms with E-state index in [1.165, 1.54) is 16.8 Å². The van der Waals surface area contributed by atoms with Crippen molar-refractivity contribution >= 4 is 5.91 Å². The molecule has 0 unspecified atom stereocenters. The van der Waals surface area contributed by atoms with Crippen molar-refractivity contribution in [3.63, 3.8) is 0 Å². The minimum Gasteiger partial charge on any atom is -0.336 e. The maximum atomic E-state index is 13.1. The molecule has 4 heteroatoms. The highest BCUT2D eigenvalue weighted by Gasteiger charge is 2.28. The fraction of sp³-hybridized carbons (Fsp3) is 0.304. The Morgan fingerprint density at radius 3 is 2.30 bits per heavy atom. The number of rotatable bonds is 4. The lowest BCUT2D eigenvalue weighted by molar-refractivity contribution is 0.0777. The summed E-state index contributed by atoms with van der Waals surface area (Å²) in [5.41, 5.74) is 7.52. The number of aryl methyl sites for hydroxylation is 2. The van der Waals surface area contributed by atoms with Gasteiger partial charge in [-0.15, -0.1) is 0 Å². The summed E-state index contributed by atoms with van der Waals surface area (Å²) >= 11 is 0. The van der Waals surface area contributed by atoms with Crippen molar-refractivity contribution in [3.05, 3.63) is 82.2 Å². The Kier molecular flexibility index (Phi) is 4.56. The number of carbonyl (C=O) groups excluding carboxylic acids is 1. The quantitative estimate of drug-likeness (QED) is 0.698. The number of fused-ring (bicyclic) bond motifs is 1. The number of benzene rings is 2. The first-order valence-electron chi connectivity index (χ1n) is 9.52. The molecule has 3 aromatic rings. The monoisotopic (exact) mass is 359 g/mol. The van der Waals surface area contributed by atoms with Crippen LogP contribution in [0.15, 0.2) is 48.5 Å². The fourth-order valence-corrected chi connectivity index (χ4v) is 3.73. The van der Waals surface area contributed by atoms with Crippen LogP contribution in [-0.4, -0.2) is 27.6 Å². The van der Waals surface area contributed by atoms with Crippen LogP contribution in [0.5, 0.6) is 0 Å². The van der Waals surface area contributed by atoms with E-state index in [2.05, 4.69) is 62.4 Å². The Bertz CT molecular complexity index is 968. The van der Waals surface area contributed by atoms with Gasteiger partial charge in [0.15, 0.2) is 5.69 Å². The van der Waals surface area contributed by atoms with Gasteiger partial charge in [0.05, 0.1) is 5.69 Å². The Balaban J connectivity index is 1.63. The predicted molar refractivity (Wildman–Crippen MR) is 107 cm³/mol. The van der Waals surface area contributed by atoms with Gasteiger partial charge >= 0.3 is 0 Å². The first kappa shape index (κ1) is 17.5. The van der Waals surface area contributed by atoms with Crippen LogP contribution in [0, 0.1) is 13.8 Å². The van der Waals surface area contributed by atoms with E-state index in [4.69, 9.17) is 5.10 Å². The predicted octanol–water partition coefficient (Wildman–Crippen LogP) is 4.25. The minimum absolute atomic E-state index is 0.000383. The third-order valence-electron chi connectivity index (χ3n) is 5.30. The lowest BCUT2D eigenvalue weighted by Gasteiger charge is -2.17. The molecule has 0 spiro atoms. The van der Waals surface area contributed by atoms with E-state index in [0.29, 0.717) is 12.2 Å². The largest absolute Gasteiger partial charge is 0.336 e. The molecule has 1 amide bonds. The van der Waals surface area contributed by atoms with Crippen molar-refractivity contribution in [2.45, 2.75) is 39.7 Å². The highest BCUT2D eigenvalue weighted by Crippen LogP contribution is 2.28. The second kappa shape index (κ2) is 7.03. The molecule has 0 atom stereocenters. The maximum Gasteiger partial charge on any atom is 0.274 e. The summed E-state index contributed by atoms with van der Waals surface area (Å²) in [6.07, 6.45) is 2.99. The van der Waals surface area contributed by atoms with E-state index in [1.54, 1.807) is 4.90 Å². The maximum absolute atomic E-state index is 13.1. The van der Waals surface area contributed by atoms with Crippen molar-refractivity contribution in [2.75, 3.05) is 7.05 Å². The molecule has 4 nitrogen and oxygen atoms in total. The molecule has 0 fully saturated rings. The molecule has 0 radical (unpaired) electrons. The van der Waals surface area contributed by atoms with Crippen molar-refractivity contribution in [1.82, 2.24) is 14.7 Å². The van der Waals surface area contributed by atoms with Crippen LogP contribution in [0.2, 0.25) is 0 Å². The van der Waals surface area contributed by atoms with Crippen molar-refractivity contribution in [2.24, 2.45) is 0 Å². The van der Waals surface area contributed by atoms with E-state index in [0.717, 1.165) is 36.1 Å². The summed E-state index contributed by atoms with van der Waals surface area (Å²) in [6.45, 7) is 4.73. The second-order valence-electron chi connectivity index (χ2n) is 7.52. The van der Waals surface area contributed by atoms with Gasteiger partial charge in [0.25, 0.3) is 5.91 Å². The van der Waals surface area contributed by atoms with E-state index in [9.17, 15) is 4.79 Å². The lowest BCUT2D eigenvalue weighted by atomic mass is 10.1. The zero-order valence-electron chi connectivity index (χ0n) is 16.2. The molecule has 1 aliphatic carbocycles. The van der Waals surface area contributed by atoms with Crippen LogP contribution in [0.1, 0.15) is 44.9 Å². The van der Waals surface area contributed by atoms with E-state index in [1.807, 2.05) is 11.7 Å². The molecule has 0 bridgehead atoms. The van der Waals surface area contributed by atoms with E-state index in [-0.39, 0.29) is 5.91 Å². The van der Waals surface area contributed by atoms with Crippen LogP contribution in [0.25, 0.3) is 5.69 Å². The standard InChI is InChI=1S/C23H25N3O/c1-16-7-11-18(12-8-16)15-25(3)23(27)22-20-5-4-6-21(20)26(24-22)19-13-9-17(2)10-14-19/h7-14H,4-6,15H2,1-3H3. The van der Waals surface area contributed by atoms with E-state index >= 15 is 0 Å². The molecule has 1 aliphatic rings. The molecule has 138 valence electrons. The number of amides is 1. The number of aromatic nitrogens is 2. The summed E-state index contributed by atoms with van der Waals surface area (Å²) in [4.78, 5) is 14.9. The van der Waals surface area contributed by atoms with Gasteiger partial charge in [-0.2, -0.15) is 5.10 Å². The number of carbonyl (C=O) groups is 1. The smallest absolute Gasteiger partial charge is 0.274 e. The lowest BCUT2D eigenvalue weighted by Crippen LogP contribution is -2.27. The Hall–Kier alpha value is -2.88. The summed E-state index contributed by atoms with van der Waals surface area (Å²) in [6, 6.07) is 16.6. The molecular weight excluding hydrogens is 334 g/mol. The summed E-state index contributed by atoms with van der Waals surface area (Å²) in [5.74, 6) is -0.000383. The van der Waals surface area contributed by atoms with Gasteiger partial charge < -0.3 is 4.90 Å². The average Bonchev–Trinajstić information content (AvgIpc) is 3.26. The van der Waals surface area contributed by atoms with Gasteiger partial charge in [-0.25, -0.2) is 4.68 Å². The van der Waals surface area contributed by atoms with Gasteiger partial charge in [-0.1, -0.05) is 47.5 Å². The molecule has 0 saturated heterocycles. The second-order valence-corrected chi connectivity index (χ2v) is 7.52. The average molecular weight is 359 g/mol. The normalized spacial score (nSPS) is 12.9. The Labute approximate surface area is 160 Å². The van der Waals surface area contributed by atoms with Crippen molar-refractivity contribution < 1.29 is 4.79 Å². The minimum atomic E-state index is -0.000383. The van der Waals surface area contributed by atoms with Crippen molar-refractivity contribution in [3.8, 4) is 5.69 Å². The third-order valence-corrected chi connectivity index (χ3v) is 5.30. The molecule has 0 aliphatic heterocycles. The third kappa shape index (κ3) is 3.39. The number of hydrogen-bond donors (Lipinski definition) is 0. The van der Waals surface area contributed by atoms with Gasteiger partial charge in [0.2, 0.25) is 0 Å². The molecule has 0 saturated carbocycles. The number of hydrogen-bond acceptors (Lipinski definition) is 2. The number of nitrogens with zero attached hydrogens (tertiary/aromatic N) is 3. The molecule has 4 rings (SSSR count). The summed E-state index contributed by atoms with van der Waals surface area (Å²) in [7, 11) is 1.86. The van der Waals surface area contributed by atoms with Crippen LogP contribution < -0.4 is 0 Å². The Morgan fingerprint density at radius 2 is 1.63 bits per heavy atom. The molecule has 27 heavy (non-hydrogen) atoms. The zero-order valence-corrected chi connectivity index (χ0v) is 16.2. The molecular formula is C23H25N3O.